The molecule has 3 aromatic rings. The molecule has 0 aromatic heterocycles. The molecule has 0 aliphatic heterocycles. The van der Waals surface area contributed by atoms with Crippen LogP contribution in [0.5, 0.6) is 5.75 Å². The highest BCUT2D eigenvalue weighted by molar-refractivity contribution is 7.89. The van der Waals surface area contributed by atoms with Gasteiger partial charge in [0.1, 0.15) is 12.4 Å². The number of amides is 1. The van der Waals surface area contributed by atoms with Crippen molar-refractivity contribution < 1.29 is 17.9 Å². The summed E-state index contributed by atoms with van der Waals surface area (Å²) in [7, 11) is -3.90. The second-order valence-electron chi connectivity index (χ2n) is 6.47. The molecule has 0 aliphatic carbocycles. The molecule has 0 saturated carbocycles. The molecule has 0 heterocycles. The van der Waals surface area contributed by atoms with Crippen LogP contribution in [0.15, 0.2) is 89.8 Å². The van der Waals surface area contributed by atoms with Gasteiger partial charge in [-0.15, -0.1) is 0 Å². The van der Waals surface area contributed by atoms with Crippen LogP contribution in [0.3, 0.4) is 0 Å². The lowest BCUT2D eigenvalue weighted by Gasteiger charge is -2.21. The molecular formula is C22H22N2O4S. The molecule has 6 nitrogen and oxygen atoms in total. The Morgan fingerprint density at radius 2 is 1.38 bits per heavy atom. The third-order valence-electron chi connectivity index (χ3n) is 4.24. The second-order valence-corrected chi connectivity index (χ2v) is 8.41. The minimum Gasteiger partial charge on any atom is -0.489 e. The summed E-state index contributed by atoms with van der Waals surface area (Å²) in [6, 6.07) is 24.9. The van der Waals surface area contributed by atoms with Crippen molar-refractivity contribution in [2.45, 2.75) is 18.0 Å². The van der Waals surface area contributed by atoms with E-state index in [4.69, 9.17) is 10.5 Å². The van der Waals surface area contributed by atoms with Crippen LogP contribution in [0.25, 0.3) is 0 Å². The zero-order valence-corrected chi connectivity index (χ0v) is 16.6. The maximum absolute atomic E-state index is 13.0. The molecule has 1 amide bonds. The fraction of sp³-hybridized carbons (Fsp3) is 0.136. The standard InChI is InChI=1S/C22H22N2O4S/c23-22(25)16-24(15-18-7-3-1-4-8-18)29(26,27)21-13-11-20(12-14-21)28-17-19-9-5-2-6-10-19/h1-14H,15-17H2,(H2,23,25). The normalized spacial score (nSPS) is 11.3. The molecule has 3 rings (SSSR count). The molecule has 0 atom stereocenters. The minimum absolute atomic E-state index is 0.0539. The van der Waals surface area contributed by atoms with Gasteiger partial charge in [0, 0.05) is 6.54 Å². The first-order valence-electron chi connectivity index (χ1n) is 9.04. The van der Waals surface area contributed by atoms with E-state index in [1.807, 2.05) is 48.5 Å². The van der Waals surface area contributed by atoms with E-state index < -0.39 is 22.5 Å². The Balaban J connectivity index is 1.75. The van der Waals surface area contributed by atoms with Crippen molar-refractivity contribution in [2.75, 3.05) is 6.54 Å². The van der Waals surface area contributed by atoms with Gasteiger partial charge < -0.3 is 10.5 Å². The maximum atomic E-state index is 13.0. The highest BCUT2D eigenvalue weighted by Gasteiger charge is 2.26. The van der Waals surface area contributed by atoms with Crippen LogP contribution in [0, 0.1) is 0 Å². The van der Waals surface area contributed by atoms with E-state index in [9.17, 15) is 13.2 Å². The Hall–Kier alpha value is -3.16. The first-order chi connectivity index (χ1) is 13.9. The summed E-state index contributed by atoms with van der Waals surface area (Å²) >= 11 is 0. The van der Waals surface area contributed by atoms with Gasteiger partial charge in [-0.2, -0.15) is 4.31 Å². The first-order valence-corrected chi connectivity index (χ1v) is 10.5. The second kappa shape index (κ2) is 9.36. The van der Waals surface area contributed by atoms with E-state index in [1.165, 1.54) is 12.1 Å². The van der Waals surface area contributed by atoms with Crippen molar-refractivity contribution >= 4 is 15.9 Å². The molecule has 29 heavy (non-hydrogen) atoms. The number of benzene rings is 3. The Kier molecular flexibility index (Phi) is 6.64. The van der Waals surface area contributed by atoms with Crippen molar-refractivity contribution in [2.24, 2.45) is 5.73 Å². The number of nitrogens with zero attached hydrogens (tertiary/aromatic N) is 1. The lowest BCUT2D eigenvalue weighted by molar-refractivity contribution is -0.118. The van der Waals surface area contributed by atoms with Crippen molar-refractivity contribution in [1.29, 1.82) is 0 Å². The van der Waals surface area contributed by atoms with Gasteiger partial charge in [0.2, 0.25) is 15.9 Å². The van der Waals surface area contributed by atoms with Crippen LogP contribution in [0.2, 0.25) is 0 Å². The van der Waals surface area contributed by atoms with Gasteiger partial charge >= 0.3 is 0 Å². The fourth-order valence-corrected chi connectivity index (χ4v) is 4.18. The third-order valence-corrected chi connectivity index (χ3v) is 6.05. The van der Waals surface area contributed by atoms with Gasteiger partial charge in [-0.05, 0) is 35.4 Å². The van der Waals surface area contributed by atoms with Crippen molar-refractivity contribution in [3.8, 4) is 5.75 Å². The van der Waals surface area contributed by atoms with Gasteiger partial charge in [-0.1, -0.05) is 60.7 Å². The van der Waals surface area contributed by atoms with Gasteiger partial charge in [0.25, 0.3) is 0 Å². The van der Waals surface area contributed by atoms with Gasteiger partial charge in [-0.25, -0.2) is 8.42 Å². The molecule has 0 aliphatic rings. The Labute approximate surface area is 170 Å². The third kappa shape index (κ3) is 5.66. The van der Waals surface area contributed by atoms with Crippen LogP contribution in [0.4, 0.5) is 0 Å². The lowest BCUT2D eigenvalue weighted by atomic mass is 10.2. The first kappa shape index (κ1) is 20.6. The van der Waals surface area contributed by atoms with Gasteiger partial charge in [0.05, 0.1) is 11.4 Å². The summed E-state index contributed by atoms with van der Waals surface area (Å²) in [5, 5.41) is 0. The van der Waals surface area contributed by atoms with Crippen LogP contribution in [-0.4, -0.2) is 25.2 Å². The van der Waals surface area contributed by atoms with E-state index >= 15 is 0 Å². The molecule has 3 aromatic carbocycles. The smallest absolute Gasteiger partial charge is 0.243 e. The van der Waals surface area contributed by atoms with Crippen molar-refractivity contribution in [3.05, 3.63) is 96.1 Å². The van der Waals surface area contributed by atoms with E-state index in [0.717, 1.165) is 15.4 Å². The quantitative estimate of drug-likeness (QED) is 0.587. The van der Waals surface area contributed by atoms with E-state index in [2.05, 4.69) is 0 Å². The molecular weight excluding hydrogens is 388 g/mol. The average molecular weight is 410 g/mol. The lowest BCUT2D eigenvalue weighted by Crippen LogP contribution is -2.37. The number of sulfonamides is 1. The number of hydrogen-bond donors (Lipinski definition) is 1. The Morgan fingerprint density at radius 3 is 1.93 bits per heavy atom. The van der Waals surface area contributed by atoms with Gasteiger partial charge in [-0.3, -0.25) is 4.79 Å². The van der Waals surface area contributed by atoms with E-state index in [-0.39, 0.29) is 11.4 Å². The molecule has 150 valence electrons. The van der Waals surface area contributed by atoms with Crippen LogP contribution >= 0.6 is 0 Å². The Bertz CT molecular complexity index is 1040. The number of ether oxygens (including phenoxy) is 1. The molecule has 0 bridgehead atoms. The summed E-state index contributed by atoms with van der Waals surface area (Å²) in [5.74, 6) is -0.162. The van der Waals surface area contributed by atoms with E-state index in [0.29, 0.717) is 12.4 Å². The number of hydrogen-bond acceptors (Lipinski definition) is 4. The summed E-state index contributed by atoms with van der Waals surface area (Å²) in [5.41, 5.74) is 7.05. The zero-order valence-electron chi connectivity index (χ0n) is 15.8. The maximum Gasteiger partial charge on any atom is 0.243 e. The van der Waals surface area contributed by atoms with Gasteiger partial charge in [0.15, 0.2) is 0 Å². The number of primary amides is 1. The predicted octanol–water partition coefficient (Wildman–Crippen LogP) is 2.94. The number of carbonyl (C=O) groups is 1. The largest absolute Gasteiger partial charge is 0.489 e. The molecule has 0 unspecified atom stereocenters. The summed E-state index contributed by atoms with van der Waals surface area (Å²) in [4.78, 5) is 11.5. The van der Waals surface area contributed by atoms with Crippen molar-refractivity contribution in [1.82, 2.24) is 4.31 Å². The topological polar surface area (TPSA) is 89.7 Å². The van der Waals surface area contributed by atoms with Crippen LogP contribution in [0.1, 0.15) is 11.1 Å². The molecule has 7 heteroatoms. The van der Waals surface area contributed by atoms with Crippen molar-refractivity contribution in [3.63, 3.8) is 0 Å². The number of rotatable bonds is 9. The summed E-state index contributed by atoms with van der Waals surface area (Å²) in [6.07, 6.45) is 0. The summed E-state index contributed by atoms with van der Waals surface area (Å²) in [6.45, 7) is 0.0383. The molecule has 0 spiro atoms. The molecule has 0 fully saturated rings. The van der Waals surface area contributed by atoms with Crippen LogP contribution < -0.4 is 10.5 Å². The van der Waals surface area contributed by atoms with E-state index in [1.54, 1.807) is 24.3 Å². The fourth-order valence-electron chi connectivity index (χ4n) is 2.78. The average Bonchev–Trinajstić information content (AvgIpc) is 2.73. The Morgan fingerprint density at radius 1 is 0.828 bits per heavy atom. The number of carbonyl (C=O) groups excluding carboxylic acids is 1. The highest BCUT2D eigenvalue weighted by atomic mass is 32.2. The monoisotopic (exact) mass is 410 g/mol. The van der Waals surface area contributed by atoms with Crippen LogP contribution in [-0.2, 0) is 28.0 Å². The predicted molar refractivity (Wildman–Crippen MR) is 110 cm³/mol. The minimum atomic E-state index is -3.90. The highest BCUT2D eigenvalue weighted by Crippen LogP contribution is 2.22. The molecule has 0 saturated heterocycles. The number of nitrogens with two attached hydrogens (primary N) is 1. The molecule has 2 N–H and O–H groups in total. The SMILES string of the molecule is NC(=O)CN(Cc1ccccc1)S(=O)(=O)c1ccc(OCc2ccccc2)cc1. The zero-order chi connectivity index (χ0) is 20.7. The molecule has 0 radical (unpaired) electrons. The summed E-state index contributed by atoms with van der Waals surface area (Å²) < 4.78 is 32.9.